The van der Waals surface area contributed by atoms with E-state index in [4.69, 9.17) is 28.9 Å². The summed E-state index contributed by atoms with van der Waals surface area (Å²) in [6.45, 7) is 0. The standard InChI is InChI=1S/C14H11BrCl2FN/c15-11-7-9(18)2-3-10(11)14(19)6-8-1-4-12(16)13(17)5-8/h1-5,7,14H,6,19H2. The molecule has 0 bridgehead atoms. The molecule has 0 aliphatic heterocycles. The van der Waals surface area contributed by atoms with Gasteiger partial charge in [0, 0.05) is 10.5 Å². The third-order valence-corrected chi connectivity index (χ3v) is 4.23. The van der Waals surface area contributed by atoms with E-state index in [2.05, 4.69) is 15.9 Å². The summed E-state index contributed by atoms with van der Waals surface area (Å²) in [5.74, 6) is -0.294. The maximum Gasteiger partial charge on any atom is 0.124 e. The van der Waals surface area contributed by atoms with Crippen LogP contribution in [0.1, 0.15) is 17.2 Å². The third kappa shape index (κ3) is 3.69. The van der Waals surface area contributed by atoms with Gasteiger partial charge in [-0.05, 0) is 41.8 Å². The number of hydrogen-bond donors (Lipinski definition) is 1. The van der Waals surface area contributed by atoms with Gasteiger partial charge in [0.05, 0.1) is 10.0 Å². The highest BCUT2D eigenvalue weighted by Gasteiger charge is 2.12. The zero-order valence-corrected chi connectivity index (χ0v) is 12.9. The average molecular weight is 363 g/mol. The Morgan fingerprint density at radius 3 is 2.47 bits per heavy atom. The largest absolute Gasteiger partial charge is 0.324 e. The number of rotatable bonds is 3. The van der Waals surface area contributed by atoms with Gasteiger partial charge in [0.1, 0.15) is 5.82 Å². The highest BCUT2D eigenvalue weighted by atomic mass is 79.9. The van der Waals surface area contributed by atoms with E-state index in [0.29, 0.717) is 20.9 Å². The van der Waals surface area contributed by atoms with E-state index in [1.165, 1.54) is 12.1 Å². The lowest BCUT2D eigenvalue weighted by Gasteiger charge is -2.14. The monoisotopic (exact) mass is 361 g/mol. The normalized spacial score (nSPS) is 12.5. The maximum absolute atomic E-state index is 13.0. The molecule has 0 radical (unpaired) electrons. The molecule has 19 heavy (non-hydrogen) atoms. The van der Waals surface area contributed by atoms with Crippen LogP contribution in [0.25, 0.3) is 0 Å². The molecule has 0 aromatic heterocycles. The molecule has 0 heterocycles. The lowest BCUT2D eigenvalue weighted by atomic mass is 10.00. The highest BCUT2D eigenvalue weighted by molar-refractivity contribution is 9.10. The summed E-state index contributed by atoms with van der Waals surface area (Å²) >= 11 is 15.1. The van der Waals surface area contributed by atoms with Crippen LogP contribution < -0.4 is 5.73 Å². The predicted octanol–water partition coefficient (Wildman–Crippen LogP) is 5.14. The summed E-state index contributed by atoms with van der Waals surface area (Å²) in [5, 5.41) is 1.02. The first-order valence-corrected chi connectivity index (χ1v) is 7.16. The van der Waals surface area contributed by atoms with Crippen molar-refractivity contribution in [1.29, 1.82) is 0 Å². The van der Waals surface area contributed by atoms with E-state index in [0.717, 1.165) is 11.1 Å². The van der Waals surface area contributed by atoms with Gasteiger partial charge in [0.2, 0.25) is 0 Å². The predicted molar refractivity (Wildman–Crippen MR) is 81.2 cm³/mol. The van der Waals surface area contributed by atoms with Crippen molar-refractivity contribution in [2.24, 2.45) is 5.73 Å². The second kappa shape index (κ2) is 6.23. The van der Waals surface area contributed by atoms with Crippen LogP contribution in [0.4, 0.5) is 4.39 Å². The molecule has 0 amide bonds. The maximum atomic E-state index is 13.0. The molecule has 0 fully saturated rings. The van der Waals surface area contributed by atoms with Crippen molar-refractivity contribution >= 4 is 39.1 Å². The first-order valence-electron chi connectivity index (χ1n) is 5.62. The first kappa shape index (κ1) is 14.8. The van der Waals surface area contributed by atoms with Crippen LogP contribution >= 0.6 is 39.1 Å². The molecule has 2 aromatic rings. The van der Waals surface area contributed by atoms with Crippen molar-refractivity contribution in [3.05, 3.63) is 67.9 Å². The van der Waals surface area contributed by atoms with E-state index in [1.807, 2.05) is 6.07 Å². The SMILES string of the molecule is NC(Cc1ccc(Cl)c(Cl)c1)c1ccc(F)cc1Br. The highest BCUT2D eigenvalue weighted by Crippen LogP contribution is 2.28. The van der Waals surface area contributed by atoms with E-state index < -0.39 is 0 Å². The molecular formula is C14H11BrCl2FN. The fourth-order valence-electron chi connectivity index (χ4n) is 1.83. The zero-order valence-electron chi connectivity index (χ0n) is 9.84. The second-order valence-corrected chi connectivity index (χ2v) is 5.89. The van der Waals surface area contributed by atoms with Crippen molar-refractivity contribution < 1.29 is 4.39 Å². The Kier molecular flexibility index (Phi) is 4.85. The molecule has 0 spiro atoms. The van der Waals surface area contributed by atoms with E-state index in [-0.39, 0.29) is 11.9 Å². The molecule has 1 atom stereocenters. The van der Waals surface area contributed by atoms with Gasteiger partial charge in [-0.2, -0.15) is 0 Å². The molecule has 2 aromatic carbocycles. The van der Waals surface area contributed by atoms with Crippen molar-refractivity contribution in [2.75, 3.05) is 0 Å². The fourth-order valence-corrected chi connectivity index (χ4v) is 2.80. The van der Waals surface area contributed by atoms with E-state index >= 15 is 0 Å². The van der Waals surface area contributed by atoms with Gasteiger partial charge in [-0.3, -0.25) is 0 Å². The molecule has 0 saturated carbocycles. The van der Waals surface area contributed by atoms with Crippen molar-refractivity contribution in [2.45, 2.75) is 12.5 Å². The molecule has 2 rings (SSSR count). The zero-order chi connectivity index (χ0) is 14.0. The molecule has 1 nitrogen and oxygen atoms in total. The van der Waals surface area contributed by atoms with E-state index in [9.17, 15) is 4.39 Å². The summed E-state index contributed by atoms with van der Waals surface area (Å²) in [5.41, 5.74) is 7.98. The molecule has 5 heteroatoms. The van der Waals surface area contributed by atoms with Gasteiger partial charge in [-0.15, -0.1) is 0 Å². The summed E-state index contributed by atoms with van der Waals surface area (Å²) in [7, 11) is 0. The Hall–Kier alpha value is -0.610. The molecule has 1 unspecified atom stereocenters. The van der Waals surface area contributed by atoms with Gasteiger partial charge in [-0.1, -0.05) is 51.3 Å². The van der Waals surface area contributed by atoms with Crippen molar-refractivity contribution in [3.8, 4) is 0 Å². The van der Waals surface area contributed by atoms with Crippen LogP contribution in [-0.4, -0.2) is 0 Å². The Balaban J connectivity index is 2.20. The topological polar surface area (TPSA) is 26.0 Å². The third-order valence-electron chi connectivity index (χ3n) is 2.80. The smallest absolute Gasteiger partial charge is 0.124 e. The molecular weight excluding hydrogens is 352 g/mol. The Bertz CT molecular complexity index is 604. The minimum atomic E-state index is -0.294. The number of benzene rings is 2. The van der Waals surface area contributed by atoms with Crippen LogP contribution in [0.2, 0.25) is 10.0 Å². The molecule has 100 valence electrons. The molecule has 0 aliphatic carbocycles. The van der Waals surface area contributed by atoms with Gasteiger partial charge in [-0.25, -0.2) is 4.39 Å². The van der Waals surface area contributed by atoms with Gasteiger partial charge in [0.15, 0.2) is 0 Å². The van der Waals surface area contributed by atoms with Gasteiger partial charge >= 0.3 is 0 Å². The first-order chi connectivity index (χ1) is 8.97. The molecule has 0 saturated heterocycles. The number of hydrogen-bond acceptors (Lipinski definition) is 1. The molecule has 0 aliphatic rings. The average Bonchev–Trinajstić information content (AvgIpc) is 2.33. The number of halogens is 4. The van der Waals surface area contributed by atoms with Crippen LogP contribution in [0.5, 0.6) is 0 Å². The number of nitrogens with two attached hydrogens (primary N) is 1. The van der Waals surface area contributed by atoms with Crippen LogP contribution in [-0.2, 0) is 6.42 Å². The lowest BCUT2D eigenvalue weighted by Crippen LogP contribution is -2.14. The van der Waals surface area contributed by atoms with Crippen LogP contribution in [0.15, 0.2) is 40.9 Å². The van der Waals surface area contributed by atoms with Crippen molar-refractivity contribution in [1.82, 2.24) is 0 Å². The molecule has 2 N–H and O–H groups in total. The minimum absolute atomic E-state index is 0.243. The van der Waals surface area contributed by atoms with Crippen LogP contribution in [0.3, 0.4) is 0 Å². The van der Waals surface area contributed by atoms with Gasteiger partial charge < -0.3 is 5.73 Å². The van der Waals surface area contributed by atoms with E-state index in [1.54, 1.807) is 18.2 Å². The van der Waals surface area contributed by atoms with Crippen molar-refractivity contribution in [3.63, 3.8) is 0 Å². The quantitative estimate of drug-likeness (QED) is 0.803. The fraction of sp³-hybridized carbons (Fsp3) is 0.143. The summed E-state index contributed by atoms with van der Waals surface area (Å²) in [6, 6.07) is 9.66. The Labute approximate surface area is 129 Å². The van der Waals surface area contributed by atoms with Gasteiger partial charge in [0.25, 0.3) is 0 Å². The summed E-state index contributed by atoms with van der Waals surface area (Å²) in [4.78, 5) is 0. The van der Waals surface area contributed by atoms with Crippen LogP contribution in [0, 0.1) is 5.82 Å². The summed E-state index contributed by atoms with van der Waals surface area (Å²) < 4.78 is 13.7. The Morgan fingerprint density at radius 2 is 1.84 bits per heavy atom. The minimum Gasteiger partial charge on any atom is -0.324 e. The second-order valence-electron chi connectivity index (χ2n) is 4.22. The lowest BCUT2D eigenvalue weighted by molar-refractivity contribution is 0.623. The summed E-state index contributed by atoms with van der Waals surface area (Å²) in [6.07, 6.45) is 0.598. The Morgan fingerprint density at radius 1 is 1.11 bits per heavy atom.